The Hall–Kier alpha value is -1.50. The van der Waals surface area contributed by atoms with E-state index in [0.29, 0.717) is 39.3 Å². The third-order valence-corrected chi connectivity index (χ3v) is 2.57. The SMILES string of the molecule is CCCOC(=O)N1CCN(CC(N)=NO)CC1. The van der Waals surface area contributed by atoms with Crippen molar-refractivity contribution in [1.82, 2.24) is 9.80 Å². The van der Waals surface area contributed by atoms with Crippen molar-refractivity contribution in [3.8, 4) is 0 Å². The summed E-state index contributed by atoms with van der Waals surface area (Å²) in [6.07, 6.45) is 0.574. The second kappa shape index (κ2) is 6.95. The summed E-state index contributed by atoms with van der Waals surface area (Å²) in [6.45, 7) is 5.48. The lowest BCUT2D eigenvalue weighted by molar-refractivity contribution is 0.0796. The minimum absolute atomic E-state index is 0.187. The largest absolute Gasteiger partial charge is 0.449 e. The molecule has 1 saturated heterocycles. The number of hydrogen-bond donors (Lipinski definition) is 2. The molecular weight excluding hydrogens is 224 g/mol. The van der Waals surface area contributed by atoms with Gasteiger partial charge in [0.25, 0.3) is 0 Å². The minimum atomic E-state index is -0.254. The van der Waals surface area contributed by atoms with Gasteiger partial charge in [0.2, 0.25) is 0 Å². The number of amides is 1. The van der Waals surface area contributed by atoms with Gasteiger partial charge in [-0.2, -0.15) is 0 Å². The van der Waals surface area contributed by atoms with Crippen LogP contribution < -0.4 is 5.73 Å². The molecule has 0 atom stereocenters. The Labute approximate surface area is 101 Å². The van der Waals surface area contributed by atoms with Crippen molar-refractivity contribution in [2.24, 2.45) is 10.9 Å². The van der Waals surface area contributed by atoms with Gasteiger partial charge in [0, 0.05) is 26.2 Å². The maximum atomic E-state index is 11.5. The summed E-state index contributed by atoms with van der Waals surface area (Å²) in [6, 6.07) is 0. The number of hydrogen-bond acceptors (Lipinski definition) is 5. The maximum absolute atomic E-state index is 11.5. The van der Waals surface area contributed by atoms with Crippen LogP contribution in [-0.2, 0) is 4.74 Å². The number of nitrogens with zero attached hydrogens (tertiary/aromatic N) is 3. The van der Waals surface area contributed by atoms with E-state index in [1.807, 2.05) is 11.8 Å². The van der Waals surface area contributed by atoms with E-state index in [0.717, 1.165) is 6.42 Å². The van der Waals surface area contributed by atoms with Crippen molar-refractivity contribution in [3.05, 3.63) is 0 Å². The zero-order chi connectivity index (χ0) is 12.7. The van der Waals surface area contributed by atoms with Crippen LogP contribution in [0.3, 0.4) is 0 Å². The van der Waals surface area contributed by atoms with Crippen molar-refractivity contribution >= 4 is 11.9 Å². The van der Waals surface area contributed by atoms with Gasteiger partial charge < -0.3 is 20.6 Å². The van der Waals surface area contributed by atoms with Crippen molar-refractivity contribution < 1.29 is 14.7 Å². The summed E-state index contributed by atoms with van der Waals surface area (Å²) >= 11 is 0. The van der Waals surface area contributed by atoms with Crippen LogP contribution in [0, 0.1) is 0 Å². The van der Waals surface area contributed by atoms with Gasteiger partial charge in [-0.05, 0) is 6.42 Å². The zero-order valence-corrected chi connectivity index (χ0v) is 10.1. The van der Waals surface area contributed by atoms with Gasteiger partial charge in [0.05, 0.1) is 13.2 Å². The first-order valence-corrected chi connectivity index (χ1v) is 5.77. The Morgan fingerprint density at radius 2 is 2.06 bits per heavy atom. The number of piperazine rings is 1. The topological polar surface area (TPSA) is 91.4 Å². The Kier molecular flexibility index (Phi) is 5.55. The average Bonchev–Trinajstić information content (AvgIpc) is 2.36. The molecule has 7 heteroatoms. The zero-order valence-electron chi connectivity index (χ0n) is 10.1. The summed E-state index contributed by atoms with van der Waals surface area (Å²) < 4.78 is 5.05. The quantitative estimate of drug-likeness (QED) is 0.312. The summed E-state index contributed by atoms with van der Waals surface area (Å²) in [5.74, 6) is 0.187. The van der Waals surface area contributed by atoms with E-state index in [1.165, 1.54) is 0 Å². The summed E-state index contributed by atoms with van der Waals surface area (Å²) in [5, 5.41) is 11.4. The molecule has 17 heavy (non-hydrogen) atoms. The van der Waals surface area contributed by atoms with Crippen molar-refractivity contribution in [3.63, 3.8) is 0 Å². The fourth-order valence-electron chi connectivity index (χ4n) is 1.63. The number of oxime groups is 1. The number of carbonyl (C=O) groups is 1. The number of ether oxygens (including phenoxy) is 1. The fraction of sp³-hybridized carbons (Fsp3) is 0.800. The van der Waals surface area contributed by atoms with E-state index in [1.54, 1.807) is 4.90 Å². The molecule has 98 valence electrons. The van der Waals surface area contributed by atoms with Crippen LogP contribution in [0.1, 0.15) is 13.3 Å². The van der Waals surface area contributed by atoms with E-state index in [2.05, 4.69) is 5.16 Å². The van der Waals surface area contributed by atoms with Crippen LogP contribution in [0.5, 0.6) is 0 Å². The van der Waals surface area contributed by atoms with Crippen molar-refractivity contribution in [1.29, 1.82) is 0 Å². The smallest absolute Gasteiger partial charge is 0.409 e. The van der Waals surface area contributed by atoms with Crippen LogP contribution in [0.4, 0.5) is 4.79 Å². The monoisotopic (exact) mass is 244 g/mol. The van der Waals surface area contributed by atoms with Crippen LogP contribution in [-0.4, -0.2) is 66.3 Å². The molecule has 1 rings (SSSR count). The van der Waals surface area contributed by atoms with Crippen molar-refractivity contribution in [2.45, 2.75) is 13.3 Å². The number of carbonyl (C=O) groups excluding carboxylic acids is 1. The minimum Gasteiger partial charge on any atom is -0.449 e. The molecule has 1 amide bonds. The molecule has 3 N–H and O–H groups in total. The lowest BCUT2D eigenvalue weighted by Gasteiger charge is -2.33. The van der Waals surface area contributed by atoms with Crippen LogP contribution >= 0.6 is 0 Å². The summed E-state index contributed by atoms with van der Waals surface area (Å²) in [4.78, 5) is 15.2. The molecule has 0 aliphatic carbocycles. The molecule has 0 radical (unpaired) electrons. The Bertz CT molecular complexity index is 275. The third kappa shape index (κ3) is 4.48. The Balaban J connectivity index is 2.28. The normalized spacial score (nSPS) is 18.2. The van der Waals surface area contributed by atoms with Gasteiger partial charge in [-0.25, -0.2) is 4.79 Å². The van der Waals surface area contributed by atoms with Crippen LogP contribution in [0.25, 0.3) is 0 Å². The van der Waals surface area contributed by atoms with E-state index in [9.17, 15) is 4.79 Å². The molecule has 0 aromatic heterocycles. The maximum Gasteiger partial charge on any atom is 0.409 e. The number of rotatable bonds is 4. The lowest BCUT2D eigenvalue weighted by Crippen LogP contribution is -2.50. The van der Waals surface area contributed by atoms with Gasteiger partial charge in [-0.3, -0.25) is 4.90 Å². The predicted octanol–water partition coefficient (Wildman–Crippen LogP) is -0.103. The molecule has 1 heterocycles. The molecule has 0 aromatic carbocycles. The molecule has 0 saturated carbocycles. The summed E-state index contributed by atoms with van der Waals surface area (Å²) in [5.41, 5.74) is 5.42. The highest BCUT2D eigenvalue weighted by molar-refractivity contribution is 5.81. The molecule has 0 unspecified atom stereocenters. The van der Waals surface area contributed by atoms with Gasteiger partial charge in [0.15, 0.2) is 5.84 Å². The van der Waals surface area contributed by atoms with Gasteiger partial charge in [-0.15, -0.1) is 0 Å². The Morgan fingerprint density at radius 3 is 2.59 bits per heavy atom. The summed E-state index contributed by atoms with van der Waals surface area (Å²) in [7, 11) is 0. The van der Waals surface area contributed by atoms with Crippen LogP contribution in [0.2, 0.25) is 0 Å². The van der Waals surface area contributed by atoms with E-state index in [-0.39, 0.29) is 11.9 Å². The lowest BCUT2D eigenvalue weighted by atomic mass is 10.3. The molecule has 0 bridgehead atoms. The van der Waals surface area contributed by atoms with E-state index in [4.69, 9.17) is 15.7 Å². The molecule has 1 fully saturated rings. The van der Waals surface area contributed by atoms with E-state index >= 15 is 0 Å². The molecule has 0 spiro atoms. The highest BCUT2D eigenvalue weighted by Crippen LogP contribution is 2.03. The standard InChI is InChI=1S/C10H20N4O3/c1-2-7-17-10(15)14-5-3-13(4-6-14)8-9(11)12-16/h16H,2-8H2,1H3,(H2,11,12). The Morgan fingerprint density at radius 1 is 1.41 bits per heavy atom. The van der Waals surface area contributed by atoms with Crippen molar-refractivity contribution in [2.75, 3.05) is 39.3 Å². The predicted molar refractivity (Wildman–Crippen MR) is 63.1 cm³/mol. The fourth-order valence-corrected chi connectivity index (χ4v) is 1.63. The third-order valence-electron chi connectivity index (χ3n) is 2.57. The van der Waals surface area contributed by atoms with Gasteiger partial charge in [-0.1, -0.05) is 12.1 Å². The molecule has 7 nitrogen and oxygen atoms in total. The first-order chi connectivity index (χ1) is 8.17. The number of nitrogens with two attached hydrogens (primary N) is 1. The highest BCUT2D eigenvalue weighted by Gasteiger charge is 2.22. The first kappa shape index (κ1) is 13.6. The average molecular weight is 244 g/mol. The second-order valence-corrected chi connectivity index (χ2v) is 3.97. The van der Waals surface area contributed by atoms with Gasteiger partial charge >= 0.3 is 6.09 Å². The number of amidine groups is 1. The highest BCUT2D eigenvalue weighted by atomic mass is 16.6. The molecule has 1 aliphatic rings. The van der Waals surface area contributed by atoms with E-state index < -0.39 is 0 Å². The first-order valence-electron chi connectivity index (χ1n) is 5.77. The van der Waals surface area contributed by atoms with Crippen LogP contribution in [0.15, 0.2) is 5.16 Å². The molecule has 1 aliphatic heterocycles. The molecular formula is C10H20N4O3. The van der Waals surface area contributed by atoms with Gasteiger partial charge in [0.1, 0.15) is 0 Å². The molecule has 0 aromatic rings. The second-order valence-electron chi connectivity index (χ2n) is 3.97.